The van der Waals surface area contributed by atoms with Crippen molar-refractivity contribution in [2.75, 3.05) is 19.0 Å². The highest BCUT2D eigenvalue weighted by Gasteiger charge is 2.21. The van der Waals surface area contributed by atoms with Crippen molar-refractivity contribution >= 4 is 17.8 Å². The number of aldehydes is 1. The molecule has 0 aliphatic heterocycles. The van der Waals surface area contributed by atoms with Crippen molar-refractivity contribution in [3.8, 4) is 5.69 Å². The van der Waals surface area contributed by atoms with Crippen LogP contribution in [0.15, 0.2) is 29.1 Å². The molecular formula is C13H14N4O4. The van der Waals surface area contributed by atoms with E-state index in [0.717, 1.165) is 0 Å². The molecular weight excluding hydrogens is 276 g/mol. The lowest BCUT2D eigenvalue weighted by molar-refractivity contribution is -0.384. The van der Waals surface area contributed by atoms with Gasteiger partial charge < -0.3 is 4.90 Å². The summed E-state index contributed by atoms with van der Waals surface area (Å²) in [7, 11) is 4.86. The average molecular weight is 290 g/mol. The number of carbonyl (C=O) groups excluding carboxylic acids is 1. The number of non-ortho nitro benzene ring substituents is 1. The molecule has 2 aromatic rings. The summed E-state index contributed by atoms with van der Waals surface area (Å²) in [6, 6.07) is 5.71. The molecule has 1 aromatic carbocycles. The minimum atomic E-state index is -0.534. The standard InChI is InChI=1S/C13H14N4O4/c1-14(2)12-11(8-18)15(3)13(19)16(12)9-5-4-6-10(7-9)17(20)21/h4-8H,1-3H3. The molecule has 0 saturated heterocycles. The first-order valence-electron chi connectivity index (χ1n) is 6.07. The van der Waals surface area contributed by atoms with Crippen LogP contribution in [0.4, 0.5) is 11.5 Å². The second-order valence-electron chi connectivity index (χ2n) is 4.68. The number of imidazole rings is 1. The number of aromatic nitrogens is 2. The van der Waals surface area contributed by atoms with E-state index >= 15 is 0 Å². The molecule has 0 radical (unpaired) electrons. The number of hydrogen-bond acceptors (Lipinski definition) is 5. The molecule has 1 aromatic heterocycles. The zero-order valence-corrected chi connectivity index (χ0v) is 11.8. The predicted molar refractivity (Wildman–Crippen MR) is 77.4 cm³/mol. The monoisotopic (exact) mass is 290 g/mol. The quantitative estimate of drug-likeness (QED) is 0.475. The lowest BCUT2D eigenvalue weighted by Gasteiger charge is -2.15. The fourth-order valence-corrected chi connectivity index (χ4v) is 2.15. The molecule has 8 nitrogen and oxygen atoms in total. The van der Waals surface area contributed by atoms with Crippen LogP contribution >= 0.6 is 0 Å². The van der Waals surface area contributed by atoms with E-state index < -0.39 is 10.6 Å². The van der Waals surface area contributed by atoms with Crippen molar-refractivity contribution in [1.29, 1.82) is 0 Å². The predicted octanol–water partition coefficient (Wildman–Crippen LogP) is 0.963. The van der Waals surface area contributed by atoms with Crippen molar-refractivity contribution in [1.82, 2.24) is 9.13 Å². The first-order valence-corrected chi connectivity index (χ1v) is 6.07. The summed E-state index contributed by atoms with van der Waals surface area (Å²) in [4.78, 5) is 35.5. The Morgan fingerprint density at radius 3 is 2.52 bits per heavy atom. The van der Waals surface area contributed by atoms with Crippen molar-refractivity contribution in [3.05, 3.63) is 50.6 Å². The molecule has 0 saturated carbocycles. The van der Waals surface area contributed by atoms with Crippen LogP contribution in [0.25, 0.3) is 5.69 Å². The van der Waals surface area contributed by atoms with Crippen molar-refractivity contribution in [3.63, 3.8) is 0 Å². The second-order valence-corrected chi connectivity index (χ2v) is 4.68. The van der Waals surface area contributed by atoms with Gasteiger partial charge in [0.25, 0.3) is 5.69 Å². The summed E-state index contributed by atoms with van der Waals surface area (Å²) in [5.74, 6) is 0.373. The zero-order valence-electron chi connectivity index (χ0n) is 11.8. The normalized spacial score (nSPS) is 10.4. The van der Waals surface area contributed by atoms with Crippen molar-refractivity contribution < 1.29 is 9.72 Å². The molecule has 21 heavy (non-hydrogen) atoms. The van der Waals surface area contributed by atoms with Gasteiger partial charge in [0.2, 0.25) is 0 Å². The largest absolute Gasteiger partial charge is 0.362 e. The van der Waals surface area contributed by atoms with Gasteiger partial charge in [-0.2, -0.15) is 0 Å². The molecule has 2 rings (SSSR count). The Balaban J connectivity index is 2.80. The molecule has 0 unspecified atom stereocenters. The van der Waals surface area contributed by atoms with E-state index in [1.807, 2.05) is 0 Å². The van der Waals surface area contributed by atoms with Gasteiger partial charge in [0.1, 0.15) is 11.5 Å². The van der Waals surface area contributed by atoms with Gasteiger partial charge in [-0.1, -0.05) is 6.07 Å². The first kappa shape index (κ1) is 14.5. The SMILES string of the molecule is CN(C)c1c(C=O)n(C)c(=O)n1-c1cccc([N+](=O)[O-])c1. The van der Waals surface area contributed by atoms with Gasteiger partial charge in [0.15, 0.2) is 6.29 Å². The third kappa shape index (κ3) is 2.31. The molecule has 0 bridgehead atoms. The molecule has 8 heteroatoms. The lowest BCUT2D eigenvalue weighted by atomic mass is 10.2. The van der Waals surface area contributed by atoms with Crippen LogP contribution in [0.2, 0.25) is 0 Å². The Kier molecular flexibility index (Phi) is 3.62. The summed E-state index contributed by atoms with van der Waals surface area (Å²) in [6.07, 6.45) is 0.588. The second kappa shape index (κ2) is 5.23. The summed E-state index contributed by atoms with van der Waals surface area (Å²) < 4.78 is 2.48. The highest BCUT2D eigenvalue weighted by atomic mass is 16.6. The van der Waals surface area contributed by atoms with E-state index in [-0.39, 0.29) is 11.4 Å². The van der Waals surface area contributed by atoms with E-state index in [0.29, 0.717) is 17.8 Å². The molecule has 110 valence electrons. The van der Waals surface area contributed by atoms with Gasteiger partial charge in [-0.3, -0.25) is 19.5 Å². The van der Waals surface area contributed by atoms with Gasteiger partial charge >= 0.3 is 5.69 Å². The summed E-state index contributed by atoms with van der Waals surface area (Å²) in [5, 5.41) is 10.9. The Morgan fingerprint density at radius 2 is 2.00 bits per heavy atom. The fourth-order valence-electron chi connectivity index (χ4n) is 2.15. The summed E-state index contributed by atoms with van der Waals surface area (Å²) in [5.41, 5.74) is -0.0278. The van der Waals surface area contributed by atoms with Gasteiger partial charge in [-0.15, -0.1) is 0 Å². The number of nitro benzene ring substituents is 1. The van der Waals surface area contributed by atoms with Crippen LogP contribution in [-0.4, -0.2) is 34.4 Å². The molecule has 1 heterocycles. The average Bonchev–Trinajstić information content (AvgIpc) is 2.71. The highest BCUT2D eigenvalue weighted by molar-refractivity contribution is 5.81. The maximum atomic E-state index is 12.3. The Bertz CT molecular complexity index is 773. The van der Waals surface area contributed by atoms with Crippen molar-refractivity contribution in [2.45, 2.75) is 0 Å². The lowest BCUT2D eigenvalue weighted by Crippen LogP contribution is -2.23. The Hall–Kier alpha value is -2.90. The Labute approximate surface area is 120 Å². The maximum absolute atomic E-state index is 12.3. The van der Waals surface area contributed by atoms with E-state index in [4.69, 9.17) is 0 Å². The van der Waals surface area contributed by atoms with E-state index in [1.54, 1.807) is 25.1 Å². The molecule has 0 spiro atoms. The van der Waals surface area contributed by atoms with E-state index in [1.165, 1.54) is 34.4 Å². The van der Waals surface area contributed by atoms with Gasteiger partial charge in [-0.25, -0.2) is 9.36 Å². The van der Waals surface area contributed by atoms with E-state index in [9.17, 15) is 19.7 Å². The summed E-state index contributed by atoms with van der Waals surface area (Å²) in [6.45, 7) is 0. The third-order valence-electron chi connectivity index (χ3n) is 3.11. The Morgan fingerprint density at radius 1 is 1.33 bits per heavy atom. The van der Waals surface area contributed by atoms with Crippen LogP contribution < -0.4 is 10.6 Å². The van der Waals surface area contributed by atoms with Gasteiger partial charge in [0, 0.05) is 33.3 Å². The molecule has 0 fully saturated rings. The van der Waals surface area contributed by atoms with Crippen molar-refractivity contribution in [2.24, 2.45) is 7.05 Å². The number of anilines is 1. The van der Waals surface area contributed by atoms with Crippen LogP contribution in [0.5, 0.6) is 0 Å². The van der Waals surface area contributed by atoms with Crippen LogP contribution in [0.3, 0.4) is 0 Å². The highest BCUT2D eigenvalue weighted by Crippen LogP contribution is 2.23. The minimum absolute atomic E-state index is 0.124. The van der Waals surface area contributed by atoms with E-state index in [2.05, 4.69) is 0 Å². The molecule has 0 N–H and O–H groups in total. The van der Waals surface area contributed by atoms with Crippen LogP contribution in [0.1, 0.15) is 10.5 Å². The third-order valence-corrected chi connectivity index (χ3v) is 3.11. The topological polar surface area (TPSA) is 90.4 Å². The molecule has 0 atom stereocenters. The maximum Gasteiger partial charge on any atom is 0.334 e. The molecule has 0 aliphatic rings. The number of benzene rings is 1. The molecule has 0 amide bonds. The molecule has 0 aliphatic carbocycles. The minimum Gasteiger partial charge on any atom is -0.362 e. The van der Waals surface area contributed by atoms with Gasteiger partial charge in [0.05, 0.1) is 10.6 Å². The smallest absolute Gasteiger partial charge is 0.334 e. The van der Waals surface area contributed by atoms with Crippen LogP contribution in [-0.2, 0) is 7.05 Å². The number of nitrogens with zero attached hydrogens (tertiary/aromatic N) is 4. The van der Waals surface area contributed by atoms with Gasteiger partial charge in [-0.05, 0) is 6.07 Å². The first-order chi connectivity index (χ1) is 9.88. The number of nitro groups is 1. The fraction of sp³-hybridized carbons (Fsp3) is 0.231. The summed E-state index contributed by atoms with van der Waals surface area (Å²) >= 11 is 0. The number of hydrogen-bond donors (Lipinski definition) is 0. The van der Waals surface area contributed by atoms with Crippen LogP contribution in [0, 0.1) is 10.1 Å². The number of carbonyl (C=O) groups is 1. The number of rotatable bonds is 4. The zero-order chi connectivity index (χ0) is 15.7.